The molecule has 0 spiro atoms. The lowest BCUT2D eigenvalue weighted by atomic mass is 10.0. The first-order chi connectivity index (χ1) is 8.52. The average Bonchev–Trinajstić information content (AvgIpc) is 2.36. The number of carbonyl (C=O) groups is 2. The van der Waals surface area contributed by atoms with Crippen molar-refractivity contribution in [1.29, 1.82) is 0 Å². The van der Waals surface area contributed by atoms with Gasteiger partial charge in [-0.3, -0.25) is 4.79 Å². The maximum atomic E-state index is 12.2. The molecule has 1 heterocycles. The van der Waals surface area contributed by atoms with E-state index in [1.807, 2.05) is 6.92 Å². The Morgan fingerprint density at radius 3 is 2.44 bits per heavy atom. The third-order valence-electron chi connectivity index (χ3n) is 3.22. The topological polar surface area (TPSA) is 66.8 Å². The second-order valence-electron chi connectivity index (χ2n) is 4.39. The van der Waals surface area contributed by atoms with E-state index < -0.39 is 5.97 Å². The summed E-state index contributed by atoms with van der Waals surface area (Å²) in [5.41, 5.74) is 0.421. The zero-order valence-corrected chi connectivity index (χ0v) is 10.3. The molecule has 1 fully saturated rings. The predicted octanol–water partition coefficient (Wildman–Crippen LogP) is 1.63. The predicted molar refractivity (Wildman–Crippen MR) is 65.1 cm³/mol. The van der Waals surface area contributed by atoms with Crippen molar-refractivity contribution in [2.45, 2.75) is 19.4 Å². The molecule has 0 aliphatic carbocycles. The van der Waals surface area contributed by atoms with Gasteiger partial charge in [0, 0.05) is 18.2 Å². The molecule has 1 aromatic rings. The quantitative estimate of drug-likeness (QED) is 0.884. The monoisotopic (exact) mass is 249 g/mol. The average molecular weight is 249 g/mol. The van der Waals surface area contributed by atoms with Crippen molar-refractivity contribution in [3.63, 3.8) is 0 Å². The van der Waals surface area contributed by atoms with Gasteiger partial charge in [-0.25, -0.2) is 4.79 Å². The van der Waals surface area contributed by atoms with Crippen LogP contribution in [0.4, 0.5) is 0 Å². The highest BCUT2D eigenvalue weighted by Gasteiger charge is 2.29. The molecule has 0 aromatic heterocycles. The number of aromatic carboxylic acids is 1. The summed E-state index contributed by atoms with van der Waals surface area (Å²) in [6, 6.07) is 4.58. The number of carboxylic acid groups (broad SMARTS) is 1. The van der Waals surface area contributed by atoms with E-state index in [-0.39, 0.29) is 17.5 Å². The minimum absolute atomic E-state index is 0.0610. The fourth-order valence-corrected chi connectivity index (χ4v) is 1.95. The first kappa shape index (κ1) is 12.4. The normalized spacial score (nSPS) is 18.1. The lowest BCUT2D eigenvalue weighted by Gasteiger charge is -2.38. The zero-order valence-electron chi connectivity index (χ0n) is 10.3. The van der Waals surface area contributed by atoms with Gasteiger partial charge in [0.05, 0.1) is 12.7 Å². The van der Waals surface area contributed by atoms with Gasteiger partial charge in [-0.15, -0.1) is 0 Å². The third-order valence-corrected chi connectivity index (χ3v) is 3.22. The van der Waals surface area contributed by atoms with Gasteiger partial charge in [-0.2, -0.15) is 0 Å². The Kier molecular flexibility index (Phi) is 3.23. The van der Waals surface area contributed by atoms with Gasteiger partial charge < -0.3 is 14.7 Å². The van der Waals surface area contributed by atoms with Crippen LogP contribution >= 0.6 is 0 Å². The van der Waals surface area contributed by atoms with Crippen LogP contribution in [-0.2, 0) is 0 Å². The largest absolute Gasteiger partial charge is 0.497 e. The highest BCUT2D eigenvalue weighted by molar-refractivity contribution is 5.98. The molecule has 1 unspecified atom stereocenters. The van der Waals surface area contributed by atoms with E-state index in [9.17, 15) is 9.59 Å². The van der Waals surface area contributed by atoms with E-state index in [2.05, 4.69) is 0 Å². The van der Waals surface area contributed by atoms with Crippen LogP contribution in [0.15, 0.2) is 18.2 Å². The highest BCUT2D eigenvalue weighted by atomic mass is 16.5. The molecule has 1 aliphatic heterocycles. The summed E-state index contributed by atoms with van der Waals surface area (Å²) < 4.78 is 5.02. The van der Waals surface area contributed by atoms with Crippen molar-refractivity contribution in [3.8, 4) is 5.75 Å². The fourth-order valence-electron chi connectivity index (χ4n) is 1.95. The number of likely N-dealkylation sites (tertiary alicyclic amines) is 1. The van der Waals surface area contributed by atoms with Gasteiger partial charge >= 0.3 is 5.97 Å². The molecule has 2 rings (SSSR count). The second-order valence-corrected chi connectivity index (χ2v) is 4.39. The summed E-state index contributed by atoms with van der Waals surface area (Å²) in [7, 11) is 1.45. The maximum absolute atomic E-state index is 12.2. The summed E-state index contributed by atoms with van der Waals surface area (Å²) in [5, 5.41) is 8.99. The van der Waals surface area contributed by atoms with Crippen molar-refractivity contribution in [3.05, 3.63) is 29.3 Å². The Morgan fingerprint density at radius 1 is 1.33 bits per heavy atom. The minimum Gasteiger partial charge on any atom is -0.497 e. The van der Waals surface area contributed by atoms with Crippen LogP contribution in [0.1, 0.15) is 34.1 Å². The molecular formula is C13H15NO4. The van der Waals surface area contributed by atoms with Crippen LogP contribution < -0.4 is 4.74 Å². The van der Waals surface area contributed by atoms with Crippen LogP contribution in [0, 0.1) is 0 Å². The Labute approximate surface area is 105 Å². The number of benzene rings is 1. The molecule has 0 saturated carbocycles. The molecule has 5 nitrogen and oxygen atoms in total. The van der Waals surface area contributed by atoms with Crippen LogP contribution in [0.25, 0.3) is 0 Å². The SMILES string of the molecule is COc1cc(C(=O)O)cc(C(=O)N2CCC2C)c1. The Bertz CT molecular complexity index is 498. The number of carboxylic acids is 1. The van der Waals surface area contributed by atoms with Crippen molar-refractivity contribution in [2.24, 2.45) is 0 Å². The van der Waals surface area contributed by atoms with Crippen LogP contribution in [0.5, 0.6) is 5.75 Å². The van der Waals surface area contributed by atoms with E-state index in [1.165, 1.54) is 19.2 Å². The van der Waals surface area contributed by atoms with E-state index >= 15 is 0 Å². The molecular weight excluding hydrogens is 234 g/mol. The highest BCUT2D eigenvalue weighted by Crippen LogP contribution is 2.23. The van der Waals surface area contributed by atoms with Crippen LogP contribution in [0.3, 0.4) is 0 Å². The number of rotatable bonds is 3. The van der Waals surface area contributed by atoms with Crippen molar-refractivity contribution >= 4 is 11.9 Å². The van der Waals surface area contributed by atoms with Crippen LogP contribution in [-0.4, -0.2) is 41.6 Å². The summed E-state index contributed by atoms with van der Waals surface area (Å²) in [4.78, 5) is 24.9. The summed E-state index contributed by atoms with van der Waals surface area (Å²) in [6.45, 7) is 2.69. The second kappa shape index (κ2) is 4.68. The van der Waals surface area contributed by atoms with Gasteiger partial charge in [0.1, 0.15) is 5.75 Å². The van der Waals surface area contributed by atoms with E-state index in [1.54, 1.807) is 11.0 Å². The Morgan fingerprint density at radius 2 is 2.00 bits per heavy atom. The fraction of sp³-hybridized carbons (Fsp3) is 0.385. The molecule has 0 radical (unpaired) electrons. The number of hydrogen-bond acceptors (Lipinski definition) is 3. The van der Waals surface area contributed by atoms with Crippen molar-refractivity contribution in [2.75, 3.05) is 13.7 Å². The van der Waals surface area contributed by atoms with Crippen LogP contribution in [0.2, 0.25) is 0 Å². The summed E-state index contributed by atoms with van der Waals surface area (Å²) in [5.74, 6) is -0.832. The summed E-state index contributed by atoms with van der Waals surface area (Å²) in [6.07, 6.45) is 0.988. The Hall–Kier alpha value is -2.04. The van der Waals surface area contributed by atoms with Gasteiger partial charge in [-0.05, 0) is 31.5 Å². The number of hydrogen-bond donors (Lipinski definition) is 1. The first-order valence-corrected chi connectivity index (χ1v) is 5.76. The Balaban J connectivity index is 2.34. The van der Waals surface area contributed by atoms with E-state index in [0.717, 1.165) is 13.0 Å². The van der Waals surface area contributed by atoms with Crippen molar-refractivity contribution in [1.82, 2.24) is 4.90 Å². The molecule has 18 heavy (non-hydrogen) atoms. The molecule has 1 aliphatic rings. The van der Waals surface area contributed by atoms with Gasteiger partial charge in [-0.1, -0.05) is 0 Å². The standard InChI is InChI=1S/C13H15NO4/c1-8-3-4-14(8)12(15)9-5-10(13(16)17)7-11(6-9)18-2/h5-8H,3-4H2,1-2H3,(H,16,17). The summed E-state index contributed by atoms with van der Waals surface area (Å²) >= 11 is 0. The van der Waals surface area contributed by atoms with E-state index in [0.29, 0.717) is 11.3 Å². The first-order valence-electron chi connectivity index (χ1n) is 5.76. The van der Waals surface area contributed by atoms with Gasteiger partial charge in [0.25, 0.3) is 5.91 Å². The van der Waals surface area contributed by atoms with Gasteiger partial charge in [0.15, 0.2) is 0 Å². The smallest absolute Gasteiger partial charge is 0.335 e. The van der Waals surface area contributed by atoms with Gasteiger partial charge in [0.2, 0.25) is 0 Å². The molecule has 1 N–H and O–H groups in total. The third kappa shape index (κ3) is 2.16. The molecule has 1 amide bonds. The molecule has 1 atom stereocenters. The molecule has 1 aromatic carbocycles. The maximum Gasteiger partial charge on any atom is 0.335 e. The minimum atomic E-state index is -1.07. The lowest BCUT2D eigenvalue weighted by molar-refractivity contribution is 0.0502. The van der Waals surface area contributed by atoms with E-state index in [4.69, 9.17) is 9.84 Å². The van der Waals surface area contributed by atoms with Crippen molar-refractivity contribution < 1.29 is 19.4 Å². The number of amides is 1. The number of carbonyl (C=O) groups excluding carboxylic acids is 1. The lowest BCUT2D eigenvalue weighted by Crippen LogP contribution is -2.49. The zero-order chi connectivity index (χ0) is 13.3. The molecule has 5 heteroatoms. The molecule has 96 valence electrons. The number of methoxy groups -OCH3 is 1. The molecule has 1 saturated heterocycles. The molecule has 0 bridgehead atoms. The number of nitrogens with zero attached hydrogens (tertiary/aromatic N) is 1. The number of ether oxygens (including phenoxy) is 1.